The highest BCUT2D eigenvalue weighted by Crippen LogP contribution is 2.84. The molecule has 3 heteroatoms. The van der Waals surface area contributed by atoms with Gasteiger partial charge in [0, 0.05) is 17.8 Å². The normalized spacial score (nSPS) is 25.0. The van der Waals surface area contributed by atoms with Gasteiger partial charge in [0.1, 0.15) is 0 Å². The van der Waals surface area contributed by atoms with Crippen LogP contribution in [0.3, 0.4) is 0 Å². The van der Waals surface area contributed by atoms with Gasteiger partial charge in [-0.1, -0.05) is 12.8 Å². The van der Waals surface area contributed by atoms with E-state index in [0.717, 1.165) is 18.2 Å². The molecule has 3 fully saturated rings. The molecule has 3 aliphatic carbocycles. The second-order valence-corrected chi connectivity index (χ2v) is 6.89. The highest BCUT2D eigenvalue weighted by atomic mass is 16.1. The maximum absolute atomic E-state index is 11.1. The van der Waals surface area contributed by atoms with Gasteiger partial charge in [0.05, 0.1) is 0 Å². The van der Waals surface area contributed by atoms with E-state index < -0.39 is 0 Å². The van der Waals surface area contributed by atoms with Crippen LogP contribution in [-0.2, 0) is 0 Å². The number of anilines is 1. The van der Waals surface area contributed by atoms with E-state index in [2.05, 4.69) is 5.32 Å². The third kappa shape index (κ3) is 1.44. The molecule has 0 saturated heterocycles. The summed E-state index contributed by atoms with van der Waals surface area (Å²) in [5.74, 6) is 0.522. The predicted molar refractivity (Wildman–Crippen MR) is 79.5 cm³/mol. The lowest BCUT2D eigenvalue weighted by molar-refractivity contribution is 0.100. The van der Waals surface area contributed by atoms with Gasteiger partial charge in [0.25, 0.3) is 0 Å². The number of primary amides is 1. The van der Waals surface area contributed by atoms with E-state index in [9.17, 15) is 4.79 Å². The molecule has 0 heterocycles. The van der Waals surface area contributed by atoms with E-state index in [1.807, 2.05) is 12.1 Å². The van der Waals surface area contributed by atoms with Crippen LogP contribution >= 0.6 is 0 Å². The van der Waals surface area contributed by atoms with Crippen LogP contribution in [0.5, 0.6) is 0 Å². The summed E-state index contributed by atoms with van der Waals surface area (Å²) in [5.41, 5.74) is 8.37. The molecule has 1 aromatic rings. The lowest BCUT2D eigenvalue weighted by atomic mass is 9.67. The maximum atomic E-state index is 11.1. The summed E-state index contributed by atoms with van der Waals surface area (Å²) in [6.45, 7) is 1.09. The Labute approximate surface area is 119 Å². The first-order valence-electron chi connectivity index (χ1n) is 7.82. The van der Waals surface area contributed by atoms with Crippen molar-refractivity contribution in [2.45, 2.75) is 38.5 Å². The SMILES string of the molecule is NC(=O)c1ccc(NCC2C3(CCC3)C23CCC3)cc1. The van der Waals surface area contributed by atoms with Crippen LogP contribution in [0, 0.1) is 16.7 Å². The fourth-order valence-electron chi connectivity index (χ4n) is 5.01. The van der Waals surface area contributed by atoms with E-state index in [0.29, 0.717) is 16.4 Å². The minimum absolute atomic E-state index is 0.361. The van der Waals surface area contributed by atoms with E-state index in [1.165, 1.54) is 38.5 Å². The molecule has 3 aliphatic rings. The first-order valence-corrected chi connectivity index (χ1v) is 7.82. The topological polar surface area (TPSA) is 55.1 Å². The Morgan fingerprint density at radius 3 is 2.05 bits per heavy atom. The van der Waals surface area contributed by atoms with Crippen molar-refractivity contribution in [1.82, 2.24) is 0 Å². The van der Waals surface area contributed by atoms with E-state index in [-0.39, 0.29) is 5.91 Å². The van der Waals surface area contributed by atoms with Gasteiger partial charge in [-0.05, 0) is 66.7 Å². The summed E-state index contributed by atoms with van der Waals surface area (Å²) in [5, 5.41) is 3.57. The summed E-state index contributed by atoms with van der Waals surface area (Å²) >= 11 is 0. The number of nitrogens with one attached hydrogen (secondary N) is 1. The Morgan fingerprint density at radius 2 is 1.65 bits per heavy atom. The second kappa shape index (κ2) is 4.00. The lowest BCUT2D eigenvalue weighted by Crippen LogP contribution is -2.26. The fraction of sp³-hybridized carbons (Fsp3) is 0.588. The van der Waals surface area contributed by atoms with Crippen molar-refractivity contribution in [3.05, 3.63) is 29.8 Å². The molecule has 1 aromatic carbocycles. The zero-order valence-corrected chi connectivity index (χ0v) is 11.8. The fourth-order valence-corrected chi connectivity index (χ4v) is 5.01. The third-order valence-corrected chi connectivity index (χ3v) is 6.41. The van der Waals surface area contributed by atoms with Crippen molar-refractivity contribution in [1.29, 1.82) is 0 Å². The van der Waals surface area contributed by atoms with Crippen LogP contribution in [-0.4, -0.2) is 12.5 Å². The number of rotatable bonds is 4. The van der Waals surface area contributed by atoms with Gasteiger partial charge in [-0.2, -0.15) is 0 Å². The molecule has 0 unspecified atom stereocenters. The average Bonchev–Trinajstić information content (AvgIpc) is 3.00. The highest BCUT2D eigenvalue weighted by Gasteiger charge is 2.78. The molecule has 0 radical (unpaired) electrons. The summed E-state index contributed by atoms with van der Waals surface area (Å²) in [4.78, 5) is 11.1. The summed E-state index contributed by atoms with van der Waals surface area (Å²) < 4.78 is 0. The van der Waals surface area contributed by atoms with Gasteiger partial charge < -0.3 is 11.1 Å². The first-order chi connectivity index (χ1) is 9.68. The van der Waals surface area contributed by atoms with Crippen molar-refractivity contribution < 1.29 is 4.79 Å². The summed E-state index contributed by atoms with van der Waals surface area (Å²) in [7, 11) is 0. The molecule has 1 amide bonds. The van der Waals surface area contributed by atoms with E-state index in [4.69, 9.17) is 5.73 Å². The van der Waals surface area contributed by atoms with Crippen molar-refractivity contribution in [2.24, 2.45) is 22.5 Å². The van der Waals surface area contributed by atoms with E-state index in [1.54, 1.807) is 12.1 Å². The van der Waals surface area contributed by atoms with Gasteiger partial charge in [-0.25, -0.2) is 0 Å². The molecular weight excluding hydrogens is 248 g/mol. The Kier molecular flexibility index (Phi) is 2.45. The molecular formula is C17H22N2O. The van der Waals surface area contributed by atoms with Crippen LogP contribution < -0.4 is 11.1 Å². The molecule has 3 saturated carbocycles. The minimum Gasteiger partial charge on any atom is -0.385 e. The summed E-state index contributed by atoms with van der Waals surface area (Å²) in [6.07, 6.45) is 8.71. The molecule has 4 rings (SSSR count). The van der Waals surface area contributed by atoms with E-state index >= 15 is 0 Å². The van der Waals surface area contributed by atoms with Crippen LogP contribution in [0.15, 0.2) is 24.3 Å². The Bertz CT molecular complexity index is 521. The van der Waals surface area contributed by atoms with Gasteiger partial charge >= 0.3 is 0 Å². The minimum atomic E-state index is -0.361. The molecule has 0 atom stereocenters. The maximum Gasteiger partial charge on any atom is 0.248 e. The van der Waals surface area contributed by atoms with Gasteiger partial charge in [0.15, 0.2) is 0 Å². The molecule has 3 nitrogen and oxygen atoms in total. The standard InChI is InChI=1S/C17H22N2O/c18-15(20)12-3-5-13(6-4-12)19-11-14-16(7-1-8-16)17(14)9-2-10-17/h3-6,14,19H,1-2,7-11H2,(H2,18,20). The Balaban J connectivity index is 1.40. The number of hydrogen-bond acceptors (Lipinski definition) is 2. The number of fused-ring (bicyclic) bond motifs is 1. The summed E-state index contributed by atoms with van der Waals surface area (Å²) in [6, 6.07) is 7.53. The zero-order chi connectivity index (χ0) is 13.8. The van der Waals surface area contributed by atoms with Crippen LogP contribution in [0.4, 0.5) is 5.69 Å². The predicted octanol–water partition coefficient (Wildman–Crippen LogP) is 3.17. The van der Waals surface area contributed by atoms with Gasteiger partial charge in [0.2, 0.25) is 5.91 Å². The number of carbonyl (C=O) groups excluding carboxylic acids is 1. The molecule has 0 bridgehead atoms. The molecule has 106 valence electrons. The van der Waals surface area contributed by atoms with Crippen LogP contribution in [0.1, 0.15) is 48.9 Å². The number of carbonyl (C=O) groups is 1. The highest BCUT2D eigenvalue weighted by molar-refractivity contribution is 5.93. The smallest absolute Gasteiger partial charge is 0.248 e. The van der Waals surface area contributed by atoms with Crippen LogP contribution in [0.25, 0.3) is 0 Å². The number of benzene rings is 1. The van der Waals surface area contributed by atoms with Crippen molar-refractivity contribution >= 4 is 11.6 Å². The monoisotopic (exact) mass is 270 g/mol. The molecule has 3 N–H and O–H groups in total. The number of amides is 1. The average molecular weight is 270 g/mol. The zero-order valence-electron chi connectivity index (χ0n) is 11.8. The second-order valence-electron chi connectivity index (χ2n) is 6.89. The number of hydrogen-bond donors (Lipinski definition) is 2. The third-order valence-electron chi connectivity index (χ3n) is 6.41. The molecule has 2 spiro atoms. The molecule has 0 aliphatic heterocycles. The van der Waals surface area contributed by atoms with Crippen molar-refractivity contribution in [3.8, 4) is 0 Å². The van der Waals surface area contributed by atoms with Gasteiger partial charge in [-0.15, -0.1) is 0 Å². The first kappa shape index (κ1) is 12.2. The van der Waals surface area contributed by atoms with Crippen molar-refractivity contribution in [2.75, 3.05) is 11.9 Å². The largest absolute Gasteiger partial charge is 0.385 e. The number of nitrogens with two attached hydrogens (primary N) is 1. The molecule has 0 aromatic heterocycles. The van der Waals surface area contributed by atoms with Crippen LogP contribution in [0.2, 0.25) is 0 Å². The Hall–Kier alpha value is -1.51. The molecule has 20 heavy (non-hydrogen) atoms. The van der Waals surface area contributed by atoms with Crippen molar-refractivity contribution in [3.63, 3.8) is 0 Å². The Morgan fingerprint density at radius 1 is 1.10 bits per heavy atom. The lowest BCUT2D eigenvalue weighted by Gasteiger charge is -2.38. The quantitative estimate of drug-likeness (QED) is 0.883. The van der Waals surface area contributed by atoms with Gasteiger partial charge in [-0.3, -0.25) is 4.79 Å².